The third-order valence-electron chi connectivity index (χ3n) is 5.36. The molecule has 0 radical (unpaired) electrons. The number of Topliss-reactive ketones (excluding diaryl/α,β-unsaturated/α-hetero) is 1. The first-order chi connectivity index (χ1) is 10.6. The Balaban J connectivity index is 2.52. The molecule has 0 bridgehead atoms. The molecular formula is C19H36O2Si. The zero-order chi connectivity index (χ0) is 16.4. The van der Waals surface area contributed by atoms with E-state index in [9.17, 15) is 4.79 Å². The van der Waals surface area contributed by atoms with Crippen LogP contribution in [0, 0.1) is 5.92 Å². The van der Waals surface area contributed by atoms with Gasteiger partial charge in [-0.3, -0.25) is 4.79 Å². The SMILES string of the molecule is CCCCC/C=C\C[C@@H]1CC(=O)C[C@@H]1O[Si](CC)(CC)CC. The molecule has 128 valence electrons. The van der Waals surface area contributed by atoms with E-state index < -0.39 is 8.32 Å². The molecule has 2 nitrogen and oxygen atoms in total. The highest BCUT2D eigenvalue weighted by atomic mass is 28.4. The van der Waals surface area contributed by atoms with Crippen molar-refractivity contribution in [2.75, 3.05) is 0 Å². The van der Waals surface area contributed by atoms with Crippen molar-refractivity contribution in [2.45, 2.75) is 96.9 Å². The molecule has 0 N–H and O–H groups in total. The summed E-state index contributed by atoms with van der Waals surface area (Å²) in [6, 6.07) is 3.51. The van der Waals surface area contributed by atoms with Gasteiger partial charge in [0, 0.05) is 12.8 Å². The van der Waals surface area contributed by atoms with E-state index in [1.807, 2.05) is 0 Å². The van der Waals surface area contributed by atoms with E-state index in [4.69, 9.17) is 4.43 Å². The van der Waals surface area contributed by atoms with E-state index in [1.165, 1.54) is 43.8 Å². The number of rotatable bonds is 11. The Hall–Kier alpha value is -0.413. The number of allylic oxidation sites excluding steroid dienone is 2. The van der Waals surface area contributed by atoms with E-state index in [2.05, 4.69) is 39.8 Å². The van der Waals surface area contributed by atoms with Crippen LogP contribution in [0.1, 0.15) is 72.6 Å². The summed E-state index contributed by atoms with van der Waals surface area (Å²) in [5.41, 5.74) is 0. The largest absolute Gasteiger partial charge is 0.413 e. The maximum atomic E-state index is 11.9. The summed E-state index contributed by atoms with van der Waals surface area (Å²) in [4.78, 5) is 11.9. The van der Waals surface area contributed by atoms with Crippen LogP contribution in [0.2, 0.25) is 18.1 Å². The van der Waals surface area contributed by atoms with Gasteiger partial charge < -0.3 is 4.43 Å². The molecule has 22 heavy (non-hydrogen) atoms. The molecule has 0 saturated heterocycles. The molecule has 0 unspecified atom stereocenters. The van der Waals surface area contributed by atoms with E-state index in [-0.39, 0.29) is 6.10 Å². The van der Waals surface area contributed by atoms with Crippen LogP contribution in [0.5, 0.6) is 0 Å². The molecule has 0 aromatic rings. The summed E-state index contributed by atoms with van der Waals surface area (Å²) in [6.07, 6.45) is 12.3. The van der Waals surface area contributed by atoms with Crippen molar-refractivity contribution in [3.05, 3.63) is 12.2 Å². The van der Waals surface area contributed by atoms with Gasteiger partial charge in [-0.2, -0.15) is 0 Å². The van der Waals surface area contributed by atoms with E-state index in [1.54, 1.807) is 0 Å². The molecule has 1 rings (SSSR count). The van der Waals surface area contributed by atoms with E-state index in [0.29, 0.717) is 18.1 Å². The van der Waals surface area contributed by atoms with Gasteiger partial charge in [-0.05, 0) is 43.3 Å². The molecule has 0 aromatic carbocycles. The summed E-state index contributed by atoms with van der Waals surface area (Å²) in [6.45, 7) is 9.02. The Kier molecular flexibility index (Phi) is 9.26. The highest BCUT2D eigenvalue weighted by Crippen LogP contribution is 2.34. The van der Waals surface area contributed by atoms with Gasteiger partial charge in [0.25, 0.3) is 0 Å². The molecule has 1 fully saturated rings. The highest BCUT2D eigenvalue weighted by Gasteiger charge is 2.39. The van der Waals surface area contributed by atoms with Gasteiger partial charge in [0.15, 0.2) is 8.32 Å². The first-order valence-electron chi connectivity index (χ1n) is 9.45. The van der Waals surface area contributed by atoms with Gasteiger partial charge in [-0.25, -0.2) is 0 Å². The smallest absolute Gasteiger partial charge is 0.192 e. The minimum atomic E-state index is -1.60. The van der Waals surface area contributed by atoms with Crippen molar-refractivity contribution < 1.29 is 9.22 Å². The Morgan fingerprint density at radius 3 is 2.32 bits per heavy atom. The molecule has 0 aromatic heterocycles. The molecule has 1 saturated carbocycles. The lowest BCUT2D eigenvalue weighted by Gasteiger charge is -2.33. The lowest BCUT2D eigenvalue weighted by Crippen LogP contribution is -2.41. The summed E-state index contributed by atoms with van der Waals surface area (Å²) >= 11 is 0. The molecular weight excluding hydrogens is 288 g/mol. The third-order valence-corrected chi connectivity index (χ3v) is 10.0. The fraction of sp³-hybridized carbons (Fsp3) is 0.842. The predicted molar refractivity (Wildman–Crippen MR) is 97.7 cm³/mol. The fourth-order valence-electron chi connectivity index (χ4n) is 3.49. The monoisotopic (exact) mass is 324 g/mol. The van der Waals surface area contributed by atoms with Crippen LogP contribution in [0.3, 0.4) is 0 Å². The van der Waals surface area contributed by atoms with Crippen molar-refractivity contribution in [1.29, 1.82) is 0 Å². The number of hydrogen-bond acceptors (Lipinski definition) is 2. The lowest BCUT2D eigenvalue weighted by atomic mass is 10.0. The van der Waals surface area contributed by atoms with E-state index >= 15 is 0 Å². The van der Waals surface area contributed by atoms with E-state index in [0.717, 1.165) is 12.8 Å². The molecule has 0 amide bonds. The van der Waals surface area contributed by atoms with Crippen LogP contribution in [-0.2, 0) is 9.22 Å². The Morgan fingerprint density at radius 1 is 1.05 bits per heavy atom. The molecule has 2 atom stereocenters. The number of carbonyl (C=O) groups is 1. The van der Waals surface area contributed by atoms with Crippen molar-refractivity contribution in [2.24, 2.45) is 5.92 Å². The quantitative estimate of drug-likeness (QED) is 0.269. The molecule has 0 spiro atoms. The Bertz CT molecular complexity index is 339. The number of ketones is 1. The first-order valence-corrected chi connectivity index (χ1v) is 12.0. The molecule has 1 aliphatic carbocycles. The number of carbonyl (C=O) groups excluding carboxylic acids is 1. The highest BCUT2D eigenvalue weighted by molar-refractivity contribution is 6.73. The summed E-state index contributed by atoms with van der Waals surface area (Å²) in [5.74, 6) is 0.826. The second kappa shape index (κ2) is 10.4. The number of hydrogen-bond donors (Lipinski definition) is 0. The van der Waals surface area contributed by atoms with Gasteiger partial charge >= 0.3 is 0 Å². The van der Waals surface area contributed by atoms with Crippen molar-refractivity contribution in [1.82, 2.24) is 0 Å². The van der Waals surface area contributed by atoms with Gasteiger partial charge in [0.05, 0.1) is 6.10 Å². The van der Waals surface area contributed by atoms with Gasteiger partial charge in [0.2, 0.25) is 0 Å². The van der Waals surface area contributed by atoms with Crippen molar-refractivity contribution in [3.8, 4) is 0 Å². The van der Waals surface area contributed by atoms with Crippen LogP contribution < -0.4 is 0 Å². The lowest BCUT2D eigenvalue weighted by molar-refractivity contribution is -0.117. The van der Waals surface area contributed by atoms with Crippen LogP contribution in [0.25, 0.3) is 0 Å². The summed E-state index contributed by atoms with van der Waals surface area (Å²) in [5, 5.41) is 0. The maximum Gasteiger partial charge on any atom is 0.192 e. The number of unbranched alkanes of at least 4 members (excludes halogenated alkanes) is 3. The molecule has 0 heterocycles. The maximum absolute atomic E-state index is 11.9. The minimum absolute atomic E-state index is 0.194. The van der Waals surface area contributed by atoms with Crippen LogP contribution in [-0.4, -0.2) is 20.2 Å². The summed E-state index contributed by atoms with van der Waals surface area (Å²) < 4.78 is 6.61. The zero-order valence-corrected chi connectivity index (χ0v) is 16.2. The van der Waals surface area contributed by atoms with Crippen LogP contribution >= 0.6 is 0 Å². The zero-order valence-electron chi connectivity index (χ0n) is 15.2. The standard InChI is InChI=1S/C19H36O2Si/c1-5-9-10-11-12-13-14-17-15-18(20)16-19(17)21-22(6-2,7-3)8-4/h12-13,17,19H,5-11,14-16H2,1-4H3/b13-12-/t17-,19+/m1/s1. The van der Waals surface area contributed by atoms with Gasteiger partial charge in [-0.1, -0.05) is 52.7 Å². The normalized spacial score (nSPS) is 22.8. The predicted octanol–water partition coefficient (Wildman–Crippen LogP) is 5.88. The minimum Gasteiger partial charge on any atom is -0.413 e. The second-order valence-corrected chi connectivity index (χ2v) is 11.5. The molecule has 0 aliphatic heterocycles. The summed E-state index contributed by atoms with van der Waals surface area (Å²) in [7, 11) is -1.60. The van der Waals surface area contributed by atoms with Gasteiger partial charge in [0.1, 0.15) is 5.78 Å². The fourth-order valence-corrected chi connectivity index (χ4v) is 6.41. The van der Waals surface area contributed by atoms with Crippen LogP contribution in [0.4, 0.5) is 0 Å². The second-order valence-electron chi connectivity index (χ2n) is 6.81. The first kappa shape index (κ1) is 19.6. The van der Waals surface area contributed by atoms with Crippen LogP contribution in [0.15, 0.2) is 12.2 Å². The van der Waals surface area contributed by atoms with Crippen molar-refractivity contribution >= 4 is 14.1 Å². The van der Waals surface area contributed by atoms with Gasteiger partial charge in [-0.15, -0.1) is 0 Å². The topological polar surface area (TPSA) is 26.3 Å². The Morgan fingerprint density at radius 2 is 1.73 bits per heavy atom. The third kappa shape index (κ3) is 6.00. The average Bonchev–Trinajstić information content (AvgIpc) is 2.88. The molecule has 1 aliphatic rings. The van der Waals surface area contributed by atoms with Crippen molar-refractivity contribution in [3.63, 3.8) is 0 Å². The molecule has 3 heteroatoms. The average molecular weight is 325 g/mol. The Labute approximate surface area is 138 Å².